The topological polar surface area (TPSA) is 95.5 Å². The Morgan fingerprint density at radius 1 is 1.69 bits per heavy atom. The van der Waals surface area contributed by atoms with E-state index in [2.05, 4.69) is 9.79 Å². The maximum Gasteiger partial charge on any atom is 0.311 e. The first-order chi connectivity index (χ1) is 7.18. The third kappa shape index (κ3) is 2.35. The monoisotopic (exact) mass is 248 g/mol. The molecule has 1 aliphatic rings. The van der Waals surface area contributed by atoms with Gasteiger partial charge in [-0.3, -0.25) is 15.2 Å². The predicted molar refractivity (Wildman–Crippen MR) is 53.7 cm³/mol. The molecule has 1 atom stereocenters. The second kappa shape index (κ2) is 5.02. The van der Waals surface area contributed by atoms with Crippen molar-refractivity contribution in [3.63, 3.8) is 0 Å². The number of carbonyl (C=O) groups is 1. The Bertz CT molecular complexity index is 415. The lowest BCUT2D eigenvalue weighted by Gasteiger charge is -2.33. The minimum Gasteiger partial charge on any atom is -0.481 e. The van der Waals surface area contributed by atoms with E-state index in [1.807, 2.05) is 0 Å². The van der Waals surface area contributed by atoms with Crippen molar-refractivity contribution in [1.82, 2.24) is 5.27 Å². The summed E-state index contributed by atoms with van der Waals surface area (Å²) < 4.78 is 4.59. The van der Waals surface area contributed by atoms with Gasteiger partial charge >= 0.3 is 5.97 Å². The molecular formula is C8H13ClN4O3. The highest BCUT2D eigenvalue weighted by Gasteiger charge is 2.28. The van der Waals surface area contributed by atoms with Crippen LogP contribution in [0.4, 0.5) is 0 Å². The van der Waals surface area contributed by atoms with E-state index >= 15 is 0 Å². The zero-order valence-corrected chi connectivity index (χ0v) is 9.31. The number of nitrogens with zero attached hydrogens (tertiary/aromatic N) is 3. The Balaban J connectivity index is 0.00000128. The molecule has 0 aliphatic carbocycles. The van der Waals surface area contributed by atoms with Crippen LogP contribution in [0.3, 0.4) is 0 Å². The van der Waals surface area contributed by atoms with E-state index in [0.717, 1.165) is 12.8 Å². The molecule has 0 saturated carbocycles. The third-order valence-corrected chi connectivity index (χ3v) is 2.48. The second-order valence-corrected chi connectivity index (χ2v) is 3.50. The van der Waals surface area contributed by atoms with Gasteiger partial charge < -0.3 is 9.63 Å². The molecule has 16 heavy (non-hydrogen) atoms. The zero-order valence-electron chi connectivity index (χ0n) is 8.50. The fourth-order valence-electron chi connectivity index (χ4n) is 1.77. The van der Waals surface area contributed by atoms with Crippen LogP contribution in [0.15, 0.2) is 10.7 Å². The van der Waals surface area contributed by atoms with Crippen molar-refractivity contribution in [2.45, 2.75) is 25.3 Å². The van der Waals surface area contributed by atoms with Crippen LogP contribution >= 0.6 is 12.4 Å². The fraction of sp³-hybridized carbons (Fsp3) is 0.625. The second-order valence-electron chi connectivity index (χ2n) is 3.50. The van der Waals surface area contributed by atoms with Gasteiger partial charge in [-0.05, 0) is 18.1 Å². The standard InChI is InChI=1S/C8H12N4O3.ClH/c9-7-5-12(10-15-7)11-4-2-1-3-6(11)8(13)14;/h5-6,9H,1-4H2,(H,13,14);1H. The molecule has 0 radical (unpaired) electrons. The lowest BCUT2D eigenvalue weighted by molar-refractivity contribution is -0.766. The van der Waals surface area contributed by atoms with E-state index in [-0.39, 0.29) is 18.0 Å². The van der Waals surface area contributed by atoms with Crippen molar-refractivity contribution in [3.05, 3.63) is 11.8 Å². The number of rotatable bonds is 2. The number of hydrogen-bond acceptors (Lipinski definition) is 4. The van der Waals surface area contributed by atoms with E-state index < -0.39 is 12.0 Å². The van der Waals surface area contributed by atoms with E-state index in [1.54, 1.807) is 5.01 Å². The van der Waals surface area contributed by atoms with Gasteiger partial charge in [-0.15, -0.1) is 12.4 Å². The SMILES string of the molecule is Cl.N=c1c[n+](N2CCCCC2C(=O)O)[n-]o1. The average Bonchev–Trinajstić information content (AvgIpc) is 2.65. The van der Waals surface area contributed by atoms with Crippen molar-refractivity contribution in [1.29, 1.82) is 5.41 Å². The van der Waals surface area contributed by atoms with Crippen LogP contribution in [-0.4, -0.2) is 23.7 Å². The van der Waals surface area contributed by atoms with Crippen LogP contribution in [0.2, 0.25) is 0 Å². The highest BCUT2D eigenvalue weighted by Crippen LogP contribution is 2.12. The molecule has 0 aromatic carbocycles. The summed E-state index contributed by atoms with van der Waals surface area (Å²) in [6.07, 6.45) is 3.79. The van der Waals surface area contributed by atoms with Gasteiger partial charge in [0.25, 0.3) is 11.8 Å². The number of aliphatic carboxylic acids is 1. The van der Waals surface area contributed by atoms with Crippen LogP contribution in [0.1, 0.15) is 19.3 Å². The quantitative estimate of drug-likeness (QED) is 0.655. The normalized spacial score (nSPS) is 20.2. The van der Waals surface area contributed by atoms with E-state index in [9.17, 15) is 4.79 Å². The van der Waals surface area contributed by atoms with Gasteiger partial charge in [-0.25, -0.2) is 0 Å². The van der Waals surface area contributed by atoms with Crippen LogP contribution < -0.4 is 20.6 Å². The lowest BCUT2D eigenvalue weighted by atomic mass is 10.0. The summed E-state index contributed by atoms with van der Waals surface area (Å²) in [4.78, 5) is 12.3. The molecule has 2 N–H and O–H groups in total. The molecule has 0 amide bonds. The molecule has 2 rings (SSSR count). The molecule has 2 heterocycles. The smallest absolute Gasteiger partial charge is 0.311 e. The molecule has 1 unspecified atom stereocenters. The molecule has 1 aromatic heterocycles. The summed E-state index contributed by atoms with van der Waals surface area (Å²) in [5.74, 6) is -0.864. The summed E-state index contributed by atoms with van der Waals surface area (Å²) in [5, 5.41) is 21.4. The Kier molecular flexibility index (Phi) is 3.94. The van der Waals surface area contributed by atoms with Crippen molar-refractivity contribution in [2.75, 3.05) is 11.6 Å². The summed E-state index contributed by atoms with van der Waals surface area (Å²) in [6, 6.07) is -0.576. The maximum atomic E-state index is 11.0. The summed E-state index contributed by atoms with van der Waals surface area (Å²) in [7, 11) is 0. The molecule has 90 valence electrons. The van der Waals surface area contributed by atoms with Gasteiger partial charge in [-0.1, -0.05) is 11.2 Å². The summed E-state index contributed by atoms with van der Waals surface area (Å²) in [6.45, 7) is 0.619. The lowest BCUT2D eigenvalue weighted by Crippen LogP contribution is -2.67. The average molecular weight is 249 g/mol. The van der Waals surface area contributed by atoms with Gasteiger partial charge in [-0.2, -0.15) is 0 Å². The summed E-state index contributed by atoms with van der Waals surface area (Å²) >= 11 is 0. The minimum atomic E-state index is -0.864. The van der Waals surface area contributed by atoms with Crippen LogP contribution in [-0.2, 0) is 4.79 Å². The van der Waals surface area contributed by atoms with Crippen molar-refractivity contribution < 1.29 is 19.2 Å². The molecule has 8 heteroatoms. The first kappa shape index (κ1) is 12.6. The number of halogens is 1. The molecule has 1 aliphatic heterocycles. The highest BCUT2D eigenvalue weighted by molar-refractivity contribution is 5.85. The van der Waals surface area contributed by atoms with E-state index in [4.69, 9.17) is 10.5 Å². The van der Waals surface area contributed by atoms with Gasteiger partial charge in [0, 0.05) is 6.54 Å². The van der Waals surface area contributed by atoms with E-state index in [1.165, 1.54) is 11.0 Å². The van der Waals surface area contributed by atoms with Gasteiger partial charge in [0.05, 0.1) is 0 Å². The molecule has 7 nitrogen and oxygen atoms in total. The van der Waals surface area contributed by atoms with Crippen LogP contribution in [0, 0.1) is 5.41 Å². The van der Waals surface area contributed by atoms with Crippen LogP contribution in [0.5, 0.6) is 0 Å². The van der Waals surface area contributed by atoms with Crippen molar-refractivity contribution in [3.8, 4) is 0 Å². The van der Waals surface area contributed by atoms with Crippen LogP contribution in [0.25, 0.3) is 0 Å². The van der Waals surface area contributed by atoms with Gasteiger partial charge in [0.15, 0.2) is 0 Å². The Morgan fingerprint density at radius 3 is 3.00 bits per heavy atom. The molecular weight excluding hydrogens is 236 g/mol. The zero-order chi connectivity index (χ0) is 10.8. The van der Waals surface area contributed by atoms with E-state index in [0.29, 0.717) is 13.0 Å². The molecule has 0 bridgehead atoms. The summed E-state index contributed by atoms with van der Waals surface area (Å²) in [5.41, 5.74) is -0.0790. The first-order valence-corrected chi connectivity index (χ1v) is 4.78. The number of carboxylic acid groups (broad SMARTS) is 1. The Morgan fingerprint density at radius 2 is 2.44 bits per heavy atom. The van der Waals surface area contributed by atoms with Gasteiger partial charge in [0.2, 0.25) is 0 Å². The Hall–Kier alpha value is -1.50. The number of aromatic nitrogens is 2. The highest BCUT2D eigenvalue weighted by atomic mass is 35.5. The van der Waals surface area contributed by atoms with Crippen molar-refractivity contribution in [2.24, 2.45) is 0 Å². The number of nitrogens with one attached hydrogen (secondary N) is 1. The number of piperidine rings is 1. The van der Waals surface area contributed by atoms with Crippen molar-refractivity contribution >= 4 is 18.4 Å². The maximum absolute atomic E-state index is 11.0. The largest absolute Gasteiger partial charge is 0.481 e. The molecule has 1 aromatic rings. The number of carboxylic acids is 1. The van der Waals surface area contributed by atoms with Gasteiger partial charge in [0.1, 0.15) is 6.04 Å². The Labute approximate surface area is 97.5 Å². The first-order valence-electron chi connectivity index (χ1n) is 4.78. The predicted octanol–water partition coefficient (Wildman–Crippen LogP) is -0.999. The third-order valence-electron chi connectivity index (χ3n) is 2.48. The minimum absolute atomic E-state index is 0. The molecule has 1 fully saturated rings. The number of hydrogen-bond donors (Lipinski definition) is 2. The molecule has 0 spiro atoms. The molecule has 1 saturated heterocycles. The fourth-order valence-corrected chi connectivity index (χ4v) is 1.77.